The molecule has 1 aromatic heterocycles. The van der Waals surface area contributed by atoms with Crippen molar-refractivity contribution in [1.29, 1.82) is 0 Å². The van der Waals surface area contributed by atoms with E-state index in [-0.39, 0.29) is 11.5 Å². The van der Waals surface area contributed by atoms with E-state index in [0.29, 0.717) is 24.7 Å². The normalized spacial score (nSPS) is 14.5. The first-order valence-corrected chi connectivity index (χ1v) is 7.03. The quantitative estimate of drug-likeness (QED) is 0.835. The SMILES string of the molecule is CCN(CC)C(=O)c1c(C)cc(C)n(C2CC2)c1=O. The van der Waals surface area contributed by atoms with Crippen LogP contribution in [0.1, 0.15) is 54.3 Å². The van der Waals surface area contributed by atoms with Crippen LogP contribution in [0, 0.1) is 13.8 Å². The highest BCUT2D eigenvalue weighted by Crippen LogP contribution is 2.34. The van der Waals surface area contributed by atoms with Crippen LogP contribution in [-0.4, -0.2) is 28.5 Å². The molecule has 1 amide bonds. The number of aromatic nitrogens is 1. The number of hydrogen-bond acceptors (Lipinski definition) is 2. The minimum Gasteiger partial charge on any atom is -0.339 e. The summed E-state index contributed by atoms with van der Waals surface area (Å²) in [6, 6.07) is 2.26. The van der Waals surface area contributed by atoms with Crippen molar-refractivity contribution in [1.82, 2.24) is 9.47 Å². The monoisotopic (exact) mass is 262 g/mol. The smallest absolute Gasteiger partial charge is 0.264 e. The maximum Gasteiger partial charge on any atom is 0.264 e. The van der Waals surface area contributed by atoms with Crippen molar-refractivity contribution in [3.63, 3.8) is 0 Å². The van der Waals surface area contributed by atoms with E-state index in [9.17, 15) is 9.59 Å². The third-order valence-corrected chi connectivity index (χ3v) is 3.81. The van der Waals surface area contributed by atoms with Crippen molar-refractivity contribution in [3.8, 4) is 0 Å². The molecule has 1 saturated carbocycles. The number of rotatable bonds is 4. The van der Waals surface area contributed by atoms with E-state index in [1.807, 2.05) is 33.8 Å². The molecule has 1 fully saturated rings. The predicted molar refractivity (Wildman–Crippen MR) is 75.7 cm³/mol. The standard InChI is InChI=1S/C15H22N2O2/c1-5-16(6-2)14(18)13-10(3)9-11(4)17(15(13)19)12-7-8-12/h9,12H,5-8H2,1-4H3. The van der Waals surface area contributed by atoms with Gasteiger partial charge in [-0.05, 0) is 52.2 Å². The highest BCUT2D eigenvalue weighted by Gasteiger charge is 2.29. The van der Waals surface area contributed by atoms with Gasteiger partial charge in [0.1, 0.15) is 5.56 Å². The Balaban J connectivity index is 2.54. The van der Waals surface area contributed by atoms with Crippen LogP contribution in [0.25, 0.3) is 0 Å². The Morgan fingerprint density at radius 2 is 1.89 bits per heavy atom. The minimum absolute atomic E-state index is 0.114. The van der Waals surface area contributed by atoms with Gasteiger partial charge in [-0.1, -0.05) is 0 Å². The molecule has 1 heterocycles. The second kappa shape index (κ2) is 5.19. The summed E-state index contributed by atoms with van der Waals surface area (Å²) >= 11 is 0. The summed E-state index contributed by atoms with van der Waals surface area (Å²) in [6.07, 6.45) is 2.09. The fourth-order valence-electron chi connectivity index (χ4n) is 2.62. The van der Waals surface area contributed by atoms with Gasteiger partial charge in [0, 0.05) is 24.8 Å². The Hall–Kier alpha value is -1.58. The van der Waals surface area contributed by atoms with Crippen LogP contribution < -0.4 is 5.56 Å². The molecule has 0 radical (unpaired) electrons. The van der Waals surface area contributed by atoms with Crippen LogP contribution in [0.4, 0.5) is 0 Å². The van der Waals surface area contributed by atoms with E-state index in [1.54, 1.807) is 9.47 Å². The summed E-state index contributed by atoms with van der Waals surface area (Å²) in [4.78, 5) is 26.8. The lowest BCUT2D eigenvalue weighted by atomic mass is 10.1. The van der Waals surface area contributed by atoms with Crippen molar-refractivity contribution in [2.45, 2.75) is 46.6 Å². The van der Waals surface area contributed by atoms with E-state index in [0.717, 1.165) is 24.1 Å². The number of pyridine rings is 1. The first-order chi connectivity index (χ1) is 9.01. The average molecular weight is 262 g/mol. The first-order valence-electron chi connectivity index (χ1n) is 7.03. The topological polar surface area (TPSA) is 42.3 Å². The molecule has 0 aliphatic heterocycles. The lowest BCUT2D eigenvalue weighted by molar-refractivity contribution is 0.0769. The summed E-state index contributed by atoms with van der Waals surface area (Å²) in [7, 11) is 0. The largest absolute Gasteiger partial charge is 0.339 e. The average Bonchev–Trinajstić information content (AvgIpc) is 3.14. The van der Waals surface area contributed by atoms with Crippen molar-refractivity contribution in [2.24, 2.45) is 0 Å². The van der Waals surface area contributed by atoms with Crippen LogP contribution in [0.15, 0.2) is 10.9 Å². The molecule has 4 heteroatoms. The van der Waals surface area contributed by atoms with Crippen molar-refractivity contribution >= 4 is 5.91 Å². The molecule has 104 valence electrons. The second-order valence-corrected chi connectivity index (χ2v) is 5.23. The summed E-state index contributed by atoms with van der Waals surface area (Å²) in [5.74, 6) is -0.137. The summed E-state index contributed by atoms with van der Waals surface area (Å²) < 4.78 is 1.80. The first kappa shape index (κ1) is 13.8. The zero-order valence-electron chi connectivity index (χ0n) is 12.2. The molecule has 0 spiro atoms. The van der Waals surface area contributed by atoms with Crippen LogP contribution in [0.5, 0.6) is 0 Å². The van der Waals surface area contributed by atoms with Gasteiger partial charge in [-0.2, -0.15) is 0 Å². The highest BCUT2D eigenvalue weighted by molar-refractivity contribution is 5.95. The zero-order chi connectivity index (χ0) is 14.2. The molecule has 0 unspecified atom stereocenters. The molecular formula is C15H22N2O2. The molecule has 0 aromatic carbocycles. The molecule has 0 N–H and O–H groups in total. The summed E-state index contributed by atoms with van der Waals surface area (Å²) in [5, 5.41) is 0. The number of nitrogens with zero attached hydrogens (tertiary/aromatic N) is 2. The maximum absolute atomic E-state index is 12.6. The third kappa shape index (κ3) is 2.44. The number of aryl methyl sites for hydroxylation is 2. The lowest BCUT2D eigenvalue weighted by Crippen LogP contribution is -2.37. The van der Waals surface area contributed by atoms with Gasteiger partial charge in [-0.3, -0.25) is 9.59 Å². The second-order valence-electron chi connectivity index (χ2n) is 5.23. The van der Waals surface area contributed by atoms with Crippen LogP contribution in [0.2, 0.25) is 0 Å². The summed E-state index contributed by atoms with van der Waals surface area (Å²) in [5.41, 5.74) is 1.98. The molecule has 1 aliphatic rings. The van der Waals surface area contributed by atoms with Crippen LogP contribution in [-0.2, 0) is 0 Å². The Morgan fingerprint density at radius 3 is 2.37 bits per heavy atom. The zero-order valence-corrected chi connectivity index (χ0v) is 12.2. The number of carbonyl (C=O) groups excluding carboxylic acids is 1. The van der Waals surface area contributed by atoms with Gasteiger partial charge in [-0.25, -0.2) is 0 Å². The van der Waals surface area contributed by atoms with E-state index in [1.165, 1.54) is 0 Å². The molecular weight excluding hydrogens is 240 g/mol. The lowest BCUT2D eigenvalue weighted by Gasteiger charge is -2.21. The van der Waals surface area contributed by atoms with Gasteiger partial charge in [-0.15, -0.1) is 0 Å². The molecule has 2 rings (SSSR count). The van der Waals surface area contributed by atoms with E-state index in [4.69, 9.17) is 0 Å². The molecule has 0 saturated heterocycles. The maximum atomic E-state index is 12.6. The van der Waals surface area contributed by atoms with Crippen LogP contribution >= 0.6 is 0 Å². The van der Waals surface area contributed by atoms with E-state index in [2.05, 4.69) is 0 Å². The fourth-order valence-corrected chi connectivity index (χ4v) is 2.62. The Morgan fingerprint density at radius 1 is 1.32 bits per heavy atom. The number of hydrogen-bond donors (Lipinski definition) is 0. The van der Waals surface area contributed by atoms with Gasteiger partial charge in [0.15, 0.2) is 0 Å². The van der Waals surface area contributed by atoms with Gasteiger partial charge in [0.05, 0.1) is 0 Å². The van der Waals surface area contributed by atoms with Gasteiger partial charge >= 0.3 is 0 Å². The van der Waals surface area contributed by atoms with Crippen molar-refractivity contribution < 1.29 is 4.79 Å². The third-order valence-electron chi connectivity index (χ3n) is 3.81. The van der Waals surface area contributed by atoms with Crippen molar-refractivity contribution in [3.05, 3.63) is 33.2 Å². The molecule has 0 atom stereocenters. The minimum atomic E-state index is -0.137. The molecule has 1 aromatic rings. The Kier molecular flexibility index (Phi) is 3.78. The van der Waals surface area contributed by atoms with E-state index >= 15 is 0 Å². The fraction of sp³-hybridized carbons (Fsp3) is 0.600. The van der Waals surface area contributed by atoms with Gasteiger partial charge < -0.3 is 9.47 Å². The molecule has 4 nitrogen and oxygen atoms in total. The number of amides is 1. The van der Waals surface area contributed by atoms with Gasteiger partial charge in [0.2, 0.25) is 0 Å². The number of carbonyl (C=O) groups is 1. The predicted octanol–water partition coefficient (Wildman–Crippen LogP) is 2.28. The highest BCUT2D eigenvalue weighted by atomic mass is 16.2. The summed E-state index contributed by atoms with van der Waals surface area (Å²) in [6.45, 7) is 8.92. The van der Waals surface area contributed by atoms with Crippen LogP contribution in [0.3, 0.4) is 0 Å². The molecule has 19 heavy (non-hydrogen) atoms. The molecule has 1 aliphatic carbocycles. The van der Waals surface area contributed by atoms with E-state index < -0.39 is 0 Å². The Labute approximate surface area is 114 Å². The molecule has 0 bridgehead atoms. The van der Waals surface area contributed by atoms with Gasteiger partial charge in [0.25, 0.3) is 11.5 Å². The Bertz CT molecular complexity index is 552. The van der Waals surface area contributed by atoms with Crippen molar-refractivity contribution in [2.75, 3.05) is 13.1 Å².